The number of methoxy groups -OCH3 is 1. The quantitative estimate of drug-likeness (QED) is 0.640. The average Bonchev–Trinajstić information content (AvgIpc) is 2.71. The van der Waals surface area contributed by atoms with Crippen molar-refractivity contribution in [3.8, 4) is 5.75 Å². The monoisotopic (exact) mass is 380 g/mol. The second-order valence-electron chi connectivity index (χ2n) is 6.21. The van der Waals surface area contributed by atoms with E-state index in [0.29, 0.717) is 17.4 Å². The fourth-order valence-corrected chi connectivity index (χ4v) is 2.73. The fraction of sp³-hybridized carbons (Fsp3) is 0.190. The Bertz CT molecular complexity index is 1060. The number of nitrogens with one attached hydrogen (secondary N) is 2. The first-order valence-electron chi connectivity index (χ1n) is 8.71. The summed E-state index contributed by atoms with van der Waals surface area (Å²) in [6.45, 7) is 1.77. The van der Waals surface area contributed by atoms with Gasteiger partial charge in [0, 0.05) is 23.5 Å². The Morgan fingerprint density at radius 2 is 1.82 bits per heavy atom. The summed E-state index contributed by atoms with van der Waals surface area (Å²) in [6, 6.07) is 15.3. The molecule has 2 aromatic carbocycles. The number of carbonyl (C=O) groups is 2. The summed E-state index contributed by atoms with van der Waals surface area (Å²) >= 11 is 0. The molecular formula is C21H20N2O5. The lowest BCUT2D eigenvalue weighted by atomic mass is 10.1. The molecule has 28 heavy (non-hydrogen) atoms. The molecular weight excluding hydrogens is 360 g/mol. The molecule has 7 nitrogen and oxygen atoms in total. The number of fused-ring (bicyclic) bond motifs is 1. The van der Waals surface area contributed by atoms with Crippen LogP contribution in [0.1, 0.15) is 22.8 Å². The van der Waals surface area contributed by atoms with E-state index < -0.39 is 23.5 Å². The Balaban J connectivity index is 1.65. The van der Waals surface area contributed by atoms with Gasteiger partial charge in [-0.2, -0.15) is 0 Å². The van der Waals surface area contributed by atoms with Crippen molar-refractivity contribution in [1.82, 2.24) is 10.3 Å². The van der Waals surface area contributed by atoms with E-state index >= 15 is 0 Å². The van der Waals surface area contributed by atoms with Crippen molar-refractivity contribution in [3.63, 3.8) is 0 Å². The van der Waals surface area contributed by atoms with E-state index in [1.165, 1.54) is 13.0 Å². The van der Waals surface area contributed by atoms with Crippen LogP contribution in [0.2, 0.25) is 0 Å². The number of H-pyrrole nitrogens is 1. The minimum Gasteiger partial charge on any atom is -0.497 e. The van der Waals surface area contributed by atoms with Crippen LogP contribution < -0.4 is 15.6 Å². The standard InChI is InChI=1S/C21H20N2O5/c1-13(20(25)22-12-14-7-9-15(27-2)10-8-14)28-21(26)17-11-19(24)23-18-6-4-3-5-16(17)18/h3-11,13H,12H2,1-2H3,(H,22,25)(H,23,24)/t13-/m0/s1. The fourth-order valence-electron chi connectivity index (χ4n) is 2.73. The van der Waals surface area contributed by atoms with Gasteiger partial charge in [0.1, 0.15) is 5.75 Å². The Kier molecular flexibility index (Phi) is 5.74. The van der Waals surface area contributed by atoms with Crippen molar-refractivity contribution in [1.29, 1.82) is 0 Å². The maximum atomic E-state index is 12.5. The number of amides is 1. The molecule has 1 aromatic heterocycles. The summed E-state index contributed by atoms with van der Waals surface area (Å²) in [7, 11) is 1.58. The van der Waals surface area contributed by atoms with Gasteiger partial charge in [-0.3, -0.25) is 9.59 Å². The molecule has 1 heterocycles. The maximum absolute atomic E-state index is 12.5. The minimum absolute atomic E-state index is 0.120. The van der Waals surface area contributed by atoms with Crippen LogP contribution in [0, 0.1) is 0 Å². The van der Waals surface area contributed by atoms with Crippen LogP contribution in [-0.2, 0) is 16.1 Å². The van der Waals surface area contributed by atoms with Crippen LogP contribution in [-0.4, -0.2) is 30.1 Å². The molecule has 0 spiro atoms. The summed E-state index contributed by atoms with van der Waals surface area (Å²) in [5, 5.41) is 3.27. The highest BCUT2D eigenvalue weighted by molar-refractivity contribution is 6.03. The van der Waals surface area contributed by atoms with Gasteiger partial charge in [-0.1, -0.05) is 30.3 Å². The molecule has 7 heteroatoms. The minimum atomic E-state index is -1.01. The van der Waals surface area contributed by atoms with Gasteiger partial charge in [-0.25, -0.2) is 4.79 Å². The molecule has 0 fully saturated rings. The molecule has 2 N–H and O–H groups in total. The van der Waals surface area contributed by atoms with Gasteiger partial charge in [-0.15, -0.1) is 0 Å². The number of aromatic nitrogens is 1. The van der Waals surface area contributed by atoms with Crippen LogP contribution in [0.3, 0.4) is 0 Å². The van der Waals surface area contributed by atoms with Crippen molar-refractivity contribution >= 4 is 22.8 Å². The number of aromatic amines is 1. The summed E-state index contributed by atoms with van der Waals surface area (Å²) in [4.78, 5) is 39.2. The first-order valence-corrected chi connectivity index (χ1v) is 8.71. The third-order valence-electron chi connectivity index (χ3n) is 4.25. The Morgan fingerprint density at radius 1 is 1.11 bits per heavy atom. The molecule has 144 valence electrons. The van der Waals surface area contributed by atoms with Gasteiger partial charge in [0.15, 0.2) is 6.10 Å². The normalized spacial score (nSPS) is 11.6. The van der Waals surface area contributed by atoms with Crippen molar-refractivity contribution in [2.24, 2.45) is 0 Å². The topological polar surface area (TPSA) is 97.5 Å². The molecule has 0 bridgehead atoms. The molecule has 0 aliphatic rings. The molecule has 0 aliphatic heterocycles. The smallest absolute Gasteiger partial charge is 0.339 e. The van der Waals surface area contributed by atoms with E-state index in [1.807, 2.05) is 12.1 Å². The van der Waals surface area contributed by atoms with E-state index in [1.54, 1.807) is 43.5 Å². The molecule has 1 atom stereocenters. The van der Waals surface area contributed by atoms with E-state index in [-0.39, 0.29) is 5.56 Å². The van der Waals surface area contributed by atoms with Gasteiger partial charge in [0.05, 0.1) is 12.7 Å². The van der Waals surface area contributed by atoms with Crippen LogP contribution in [0.4, 0.5) is 0 Å². The zero-order valence-corrected chi connectivity index (χ0v) is 15.5. The molecule has 0 saturated heterocycles. The second kappa shape index (κ2) is 8.39. The number of esters is 1. The molecule has 0 saturated carbocycles. The van der Waals surface area contributed by atoms with E-state index in [4.69, 9.17) is 9.47 Å². The highest BCUT2D eigenvalue weighted by atomic mass is 16.5. The van der Waals surface area contributed by atoms with E-state index in [2.05, 4.69) is 10.3 Å². The lowest BCUT2D eigenvalue weighted by molar-refractivity contribution is -0.129. The lowest BCUT2D eigenvalue weighted by Gasteiger charge is -2.14. The summed E-state index contributed by atoms with van der Waals surface area (Å²) in [5.74, 6) is -0.435. The summed E-state index contributed by atoms with van der Waals surface area (Å²) < 4.78 is 10.4. The molecule has 3 aromatic rings. The lowest BCUT2D eigenvalue weighted by Crippen LogP contribution is -2.35. The van der Waals surface area contributed by atoms with Crippen molar-refractivity contribution in [2.45, 2.75) is 19.6 Å². The number of rotatable bonds is 6. The first kappa shape index (κ1) is 19.2. The van der Waals surface area contributed by atoms with Gasteiger partial charge in [0.25, 0.3) is 5.91 Å². The average molecular weight is 380 g/mol. The van der Waals surface area contributed by atoms with Crippen LogP contribution in [0.5, 0.6) is 5.75 Å². The highest BCUT2D eigenvalue weighted by Gasteiger charge is 2.20. The van der Waals surface area contributed by atoms with Crippen molar-refractivity contribution < 1.29 is 19.1 Å². The van der Waals surface area contributed by atoms with Gasteiger partial charge < -0.3 is 19.8 Å². The third-order valence-corrected chi connectivity index (χ3v) is 4.25. The Morgan fingerprint density at radius 3 is 2.54 bits per heavy atom. The maximum Gasteiger partial charge on any atom is 0.339 e. The number of para-hydroxylation sites is 1. The predicted molar refractivity (Wildman–Crippen MR) is 104 cm³/mol. The Labute approximate surface area is 161 Å². The number of benzene rings is 2. The SMILES string of the molecule is COc1ccc(CNC(=O)[C@H](C)OC(=O)c2cc(=O)[nH]c3ccccc23)cc1. The van der Waals surface area contributed by atoms with E-state index in [0.717, 1.165) is 11.3 Å². The van der Waals surface area contributed by atoms with Gasteiger partial charge in [-0.05, 0) is 30.7 Å². The van der Waals surface area contributed by atoms with Crippen LogP contribution >= 0.6 is 0 Å². The number of pyridine rings is 1. The molecule has 3 rings (SSSR count). The molecule has 0 radical (unpaired) electrons. The third kappa shape index (κ3) is 4.37. The number of hydrogen-bond acceptors (Lipinski definition) is 5. The highest BCUT2D eigenvalue weighted by Crippen LogP contribution is 2.16. The molecule has 0 unspecified atom stereocenters. The second-order valence-corrected chi connectivity index (χ2v) is 6.21. The number of carbonyl (C=O) groups excluding carboxylic acids is 2. The van der Waals surface area contributed by atoms with Crippen molar-refractivity contribution in [3.05, 3.63) is 76.1 Å². The number of ether oxygens (including phenoxy) is 2. The summed E-state index contributed by atoms with van der Waals surface area (Å²) in [5.41, 5.74) is 1.11. The largest absolute Gasteiger partial charge is 0.497 e. The molecule has 0 aliphatic carbocycles. The summed E-state index contributed by atoms with van der Waals surface area (Å²) in [6.07, 6.45) is -1.01. The van der Waals surface area contributed by atoms with Gasteiger partial charge in [0.2, 0.25) is 5.56 Å². The zero-order valence-electron chi connectivity index (χ0n) is 15.5. The zero-order chi connectivity index (χ0) is 20.1. The van der Waals surface area contributed by atoms with Crippen LogP contribution in [0.25, 0.3) is 10.9 Å². The predicted octanol–water partition coefficient (Wildman–Crippen LogP) is 2.40. The van der Waals surface area contributed by atoms with Crippen molar-refractivity contribution in [2.75, 3.05) is 7.11 Å². The first-order chi connectivity index (χ1) is 13.5. The van der Waals surface area contributed by atoms with Gasteiger partial charge >= 0.3 is 5.97 Å². The number of hydrogen-bond donors (Lipinski definition) is 2. The van der Waals surface area contributed by atoms with Crippen LogP contribution in [0.15, 0.2) is 59.4 Å². The Hall–Kier alpha value is -3.61. The van der Waals surface area contributed by atoms with E-state index in [9.17, 15) is 14.4 Å². The molecule has 1 amide bonds.